The third-order valence-electron chi connectivity index (χ3n) is 7.60. The van der Waals surface area contributed by atoms with Gasteiger partial charge in [-0.3, -0.25) is 4.99 Å². The van der Waals surface area contributed by atoms with Gasteiger partial charge in [0.15, 0.2) is 0 Å². The number of fused-ring (bicyclic) bond motifs is 1. The Hall–Kier alpha value is -2.00. The Labute approximate surface area is 265 Å². The summed E-state index contributed by atoms with van der Waals surface area (Å²) >= 11 is 0. The predicted molar refractivity (Wildman–Crippen MR) is 170 cm³/mol. The molecule has 4 aliphatic rings. The largest absolute Gasteiger partial charge is 2.00 e. The molecule has 0 unspecified atom stereocenters. The average Bonchev–Trinajstić information content (AvgIpc) is 3.86. The fourth-order valence-corrected chi connectivity index (χ4v) is 7.95. The van der Waals surface area contributed by atoms with Gasteiger partial charge >= 0.3 is 17.1 Å². The van der Waals surface area contributed by atoms with E-state index < -0.39 is 8.45 Å². The summed E-state index contributed by atoms with van der Waals surface area (Å²) < 4.78 is 12.4. The number of hydrogen-bond donors (Lipinski definition) is 0. The molecule has 2 aliphatic carbocycles. The van der Waals surface area contributed by atoms with Crippen molar-refractivity contribution in [2.24, 2.45) is 4.99 Å². The quantitative estimate of drug-likeness (QED) is 0.146. The summed E-state index contributed by atoms with van der Waals surface area (Å²) in [7, 11) is -0.974. The minimum atomic E-state index is -0.974. The van der Waals surface area contributed by atoms with E-state index in [0.717, 1.165) is 30.1 Å². The third kappa shape index (κ3) is 7.93. The van der Waals surface area contributed by atoms with Crippen LogP contribution in [0.3, 0.4) is 0 Å². The molecule has 212 valence electrons. The zero-order chi connectivity index (χ0) is 27.7. The van der Waals surface area contributed by atoms with Crippen molar-refractivity contribution >= 4 is 20.4 Å². The van der Waals surface area contributed by atoms with Crippen molar-refractivity contribution in [3.05, 3.63) is 166 Å². The minimum Gasteiger partial charge on any atom is -0.316 e. The number of aliphatic imine (C=N–C) groups is 1. The number of para-hydroxylation sites is 1. The standard InChI is InChI=1S/C31H31N3OP.C5H5.Fe/c1-4-15-26(16-5-1)30(32-23-25-13-10-11-14-25)31(27-17-6-2-7-18-27)35-36-33-22-12-21-29(33)24-34(36)28-19-8-3-9-20-28;1-2-4-5-3-1;/h1-11,13-20,23,29-31H,12,21-22,24H2;1-5H;/q;;+2/t29-,30+,31-,36+;;/m0../s1. The molecule has 4 nitrogen and oxygen atoms in total. The van der Waals surface area contributed by atoms with Gasteiger partial charge in [-0.15, -0.1) is 0 Å². The summed E-state index contributed by atoms with van der Waals surface area (Å²) in [5.74, 6) is 1.11. The van der Waals surface area contributed by atoms with Crippen LogP contribution in [0.2, 0.25) is 0 Å². The van der Waals surface area contributed by atoms with E-state index in [-0.39, 0.29) is 29.2 Å². The molecule has 6 heteroatoms. The van der Waals surface area contributed by atoms with Crippen LogP contribution in [0.15, 0.2) is 96.0 Å². The van der Waals surface area contributed by atoms with E-state index in [2.05, 4.69) is 126 Å². The molecule has 0 N–H and O–H groups in total. The van der Waals surface area contributed by atoms with Crippen molar-refractivity contribution in [1.29, 1.82) is 0 Å². The average molecular weight is 614 g/mol. The van der Waals surface area contributed by atoms with Gasteiger partial charge < -0.3 is 9.19 Å². The number of anilines is 1. The summed E-state index contributed by atoms with van der Waals surface area (Å²) in [6.45, 7) is 2.11. The van der Waals surface area contributed by atoms with Crippen LogP contribution < -0.4 is 4.67 Å². The first-order valence-electron chi connectivity index (χ1n) is 14.4. The van der Waals surface area contributed by atoms with Crippen molar-refractivity contribution in [1.82, 2.24) is 4.67 Å². The molecule has 4 fully saturated rings. The van der Waals surface area contributed by atoms with Gasteiger partial charge in [0.2, 0.25) is 8.45 Å². The molecule has 0 aromatic heterocycles. The first kappa shape index (κ1) is 31.4. The third-order valence-corrected chi connectivity index (χ3v) is 9.79. The Balaban J connectivity index is 0.000000534. The second-order valence-electron chi connectivity index (χ2n) is 10.4. The van der Waals surface area contributed by atoms with Crippen molar-refractivity contribution < 1.29 is 21.6 Å². The molecular weight excluding hydrogens is 577 g/mol. The second kappa shape index (κ2) is 16.2. The second-order valence-corrected chi connectivity index (χ2v) is 12.1. The van der Waals surface area contributed by atoms with Crippen LogP contribution in [-0.2, 0) is 21.6 Å². The fraction of sp³-hybridized carbons (Fsp3) is 0.194. The zero-order valence-electron chi connectivity index (χ0n) is 23.5. The SMILES string of the molecule is [CH]1[CH][CH][CH][CH]1.[CH]1[CH][CH][C](C=N[C@H](c2ccccc2)[C@@H](O[P@@]2N(c3ccccc3)C[C@@H]3CCCN32)c2ccccc2)[CH]1.[Fe+2]. The summed E-state index contributed by atoms with van der Waals surface area (Å²) in [6.07, 6.45) is 22.5. The molecule has 2 aliphatic heterocycles. The molecule has 3 aromatic carbocycles. The number of hydrogen-bond acceptors (Lipinski definition) is 4. The van der Waals surface area contributed by atoms with Crippen molar-refractivity contribution in [2.45, 2.75) is 31.0 Å². The Morgan fingerprint density at radius 2 is 1.31 bits per heavy atom. The van der Waals surface area contributed by atoms with Crippen molar-refractivity contribution in [3.63, 3.8) is 0 Å². The maximum Gasteiger partial charge on any atom is 2.00 e. The Bertz CT molecular complexity index is 1200. The van der Waals surface area contributed by atoms with Gasteiger partial charge in [-0.25, -0.2) is 4.67 Å². The van der Waals surface area contributed by atoms with Gasteiger partial charge in [0.25, 0.3) is 0 Å². The topological polar surface area (TPSA) is 28.1 Å². The van der Waals surface area contributed by atoms with Crippen LogP contribution in [0.25, 0.3) is 0 Å². The normalized spacial score (nSPS) is 23.8. The number of nitrogens with zero attached hydrogens (tertiary/aromatic N) is 3. The Kier molecular flexibility index (Phi) is 12.1. The zero-order valence-corrected chi connectivity index (χ0v) is 25.5. The molecule has 3 aromatic rings. The van der Waals surface area contributed by atoms with Gasteiger partial charge in [-0.1, -0.05) is 78.9 Å². The van der Waals surface area contributed by atoms with E-state index in [1.807, 2.05) is 38.3 Å². The van der Waals surface area contributed by atoms with Gasteiger partial charge in [0.1, 0.15) is 12.1 Å². The molecular formula is C36H36FeN3OP+2. The monoisotopic (exact) mass is 613 g/mol. The predicted octanol–water partition coefficient (Wildman–Crippen LogP) is 8.19. The smallest absolute Gasteiger partial charge is 0.316 e. The molecule has 2 saturated carbocycles. The molecule has 10 radical (unpaired) electrons. The fourth-order valence-electron chi connectivity index (χ4n) is 5.56. The van der Waals surface area contributed by atoms with E-state index in [0.29, 0.717) is 6.04 Å². The summed E-state index contributed by atoms with van der Waals surface area (Å²) in [4.78, 5) is 5.16. The minimum absolute atomic E-state index is 0. The summed E-state index contributed by atoms with van der Waals surface area (Å²) in [5.41, 5.74) is 3.55. The van der Waals surface area contributed by atoms with E-state index in [9.17, 15) is 0 Å². The number of rotatable bonds is 8. The maximum atomic E-state index is 7.27. The van der Waals surface area contributed by atoms with Crippen LogP contribution in [-0.4, -0.2) is 30.0 Å². The van der Waals surface area contributed by atoms with Crippen LogP contribution in [0, 0.1) is 63.7 Å². The van der Waals surface area contributed by atoms with E-state index in [4.69, 9.17) is 9.52 Å². The Morgan fingerprint density at radius 1 is 0.738 bits per heavy atom. The van der Waals surface area contributed by atoms with Crippen LogP contribution in [0.4, 0.5) is 5.69 Å². The van der Waals surface area contributed by atoms with Crippen LogP contribution in [0.1, 0.15) is 36.1 Å². The van der Waals surface area contributed by atoms with E-state index >= 15 is 0 Å². The van der Waals surface area contributed by atoms with Crippen molar-refractivity contribution in [3.8, 4) is 0 Å². The molecule has 0 spiro atoms. The van der Waals surface area contributed by atoms with E-state index in [1.54, 1.807) is 0 Å². The summed E-state index contributed by atoms with van der Waals surface area (Å²) in [5, 5.41) is 0. The number of benzene rings is 3. The molecule has 42 heavy (non-hydrogen) atoms. The molecule has 7 rings (SSSR count). The van der Waals surface area contributed by atoms with Crippen LogP contribution in [0.5, 0.6) is 0 Å². The molecule has 0 amide bonds. The van der Waals surface area contributed by atoms with Gasteiger partial charge in [0.05, 0.1) is 0 Å². The molecule has 4 atom stereocenters. The first-order valence-corrected chi connectivity index (χ1v) is 15.6. The summed E-state index contributed by atoms with van der Waals surface area (Å²) in [6, 6.07) is 32.4. The molecule has 2 saturated heterocycles. The van der Waals surface area contributed by atoms with Crippen LogP contribution >= 0.6 is 8.45 Å². The van der Waals surface area contributed by atoms with Gasteiger partial charge in [-0.05, 0) is 93.9 Å². The Morgan fingerprint density at radius 3 is 1.93 bits per heavy atom. The van der Waals surface area contributed by atoms with Gasteiger partial charge in [-0.2, -0.15) is 0 Å². The molecule has 2 heterocycles. The molecule has 0 bridgehead atoms. The first-order chi connectivity index (χ1) is 20.4. The van der Waals surface area contributed by atoms with Gasteiger partial charge in [0, 0.05) is 37.0 Å². The van der Waals surface area contributed by atoms with E-state index in [1.165, 1.54) is 18.5 Å². The maximum absolute atomic E-state index is 7.27. The van der Waals surface area contributed by atoms with Crippen molar-refractivity contribution in [2.75, 3.05) is 17.8 Å².